The molecule has 0 aliphatic carbocycles. The predicted molar refractivity (Wildman–Crippen MR) is 91.0 cm³/mol. The molecule has 0 radical (unpaired) electrons. The van der Waals surface area contributed by atoms with Crippen LogP contribution < -0.4 is 4.72 Å². The number of hydrogen-bond donors (Lipinski definition) is 1. The van der Waals surface area contributed by atoms with E-state index in [1.165, 1.54) is 0 Å². The number of aryl methyl sites for hydroxylation is 1. The number of hydrogen-bond acceptors (Lipinski definition) is 3. The summed E-state index contributed by atoms with van der Waals surface area (Å²) in [6.45, 7) is 0.198. The normalized spacial score (nSPS) is 12.0. The quantitative estimate of drug-likeness (QED) is 0.754. The molecule has 3 aromatic rings. The molecule has 3 rings (SSSR count). The van der Waals surface area contributed by atoms with Crippen molar-refractivity contribution in [1.29, 1.82) is 0 Å². The number of nitrogens with one attached hydrogen (secondary N) is 1. The van der Waals surface area contributed by atoms with Crippen molar-refractivity contribution in [3.63, 3.8) is 0 Å². The molecule has 24 heavy (non-hydrogen) atoms. The van der Waals surface area contributed by atoms with Gasteiger partial charge in [-0.3, -0.25) is 0 Å². The molecule has 1 N–H and O–H groups in total. The number of rotatable bonds is 5. The van der Waals surface area contributed by atoms with E-state index < -0.39 is 15.8 Å². The molecule has 0 aliphatic heterocycles. The highest BCUT2D eigenvalue weighted by molar-refractivity contribution is 7.89. The van der Waals surface area contributed by atoms with Gasteiger partial charge in [-0.25, -0.2) is 22.5 Å². The largest absolute Gasteiger partial charge is 0.335 e. The number of nitrogens with zero attached hydrogens (tertiary/aromatic N) is 2. The molecule has 0 fully saturated rings. The first-order chi connectivity index (χ1) is 11.4. The molecule has 0 amide bonds. The van der Waals surface area contributed by atoms with Gasteiger partial charge in [-0.1, -0.05) is 11.6 Å². The van der Waals surface area contributed by atoms with Gasteiger partial charge in [0.2, 0.25) is 10.0 Å². The van der Waals surface area contributed by atoms with Crippen LogP contribution in [-0.2, 0) is 23.5 Å². The van der Waals surface area contributed by atoms with Crippen molar-refractivity contribution in [3.8, 4) is 0 Å². The molecule has 0 unspecified atom stereocenters. The fraction of sp³-hybridized carbons (Fsp3) is 0.188. The molecule has 8 heteroatoms. The Hall–Kier alpha value is -1.96. The summed E-state index contributed by atoms with van der Waals surface area (Å²) in [5.41, 5.74) is 1.84. The van der Waals surface area contributed by atoms with E-state index in [1.807, 2.05) is 29.9 Å². The minimum atomic E-state index is -3.80. The van der Waals surface area contributed by atoms with Gasteiger partial charge in [0.15, 0.2) is 0 Å². The maximum Gasteiger partial charge on any atom is 0.242 e. The number of halogens is 2. The van der Waals surface area contributed by atoms with E-state index in [1.54, 1.807) is 6.20 Å². The summed E-state index contributed by atoms with van der Waals surface area (Å²) in [5.74, 6) is -0.581. The zero-order valence-corrected chi connectivity index (χ0v) is 14.4. The van der Waals surface area contributed by atoms with Gasteiger partial charge in [-0.15, -0.1) is 0 Å². The Kier molecular flexibility index (Phi) is 4.58. The van der Waals surface area contributed by atoms with Crippen LogP contribution in [0.4, 0.5) is 4.39 Å². The highest BCUT2D eigenvalue weighted by Crippen LogP contribution is 2.22. The topological polar surface area (TPSA) is 64.0 Å². The predicted octanol–water partition coefficient (Wildman–Crippen LogP) is 2.89. The van der Waals surface area contributed by atoms with E-state index in [9.17, 15) is 12.8 Å². The third kappa shape index (κ3) is 3.28. The molecular weight excluding hydrogens is 353 g/mol. The molecule has 0 spiro atoms. The van der Waals surface area contributed by atoms with E-state index in [4.69, 9.17) is 11.6 Å². The summed E-state index contributed by atoms with van der Waals surface area (Å²) in [6, 6.07) is 6.99. The van der Waals surface area contributed by atoms with Crippen LogP contribution in [-0.4, -0.2) is 24.5 Å². The van der Waals surface area contributed by atoms with Crippen LogP contribution in [0.3, 0.4) is 0 Å². The second-order valence-corrected chi connectivity index (χ2v) is 7.50. The van der Waals surface area contributed by atoms with Gasteiger partial charge >= 0.3 is 0 Å². The minimum Gasteiger partial charge on any atom is -0.335 e. The Bertz CT molecular complexity index is 1000. The second kappa shape index (κ2) is 6.51. The Labute approximate surface area is 144 Å². The first-order valence-electron chi connectivity index (χ1n) is 7.22. The van der Waals surface area contributed by atoms with Crippen molar-refractivity contribution < 1.29 is 12.8 Å². The highest BCUT2D eigenvalue weighted by Gasteiger charge is 2.18. The average molecular weight is 368 g/mol. The van der Waals surface area contributed by atoms with Crippen molar-refractivity contribution in [3.05, 3.63) is 59.1 Å². The van der Waals surface area contributed by atoms with Crippen LogP contribution in [0.1, 0.15) is 5.56 Å². The molecule has 0 aliphatic rings. The number of aromatic nitrogens is 2. The summed E-state index contributed by atoms with van der Waals surface area (Å²) in [4.78, 5) is 4.16. The lowest BCUT2D eigenvalue weighted by atomic mass is 10.2. The lowest BCUT2D eigenvalue weighted by molar-refractivity contribution is 0.581. The Morgan fingerprint density at radius 3 is 2.88 bits per heavy atom. The smallest absolute Gasteiger partial charge is 0.242 e. The molecule has 126 valence electrons. The van der Waals surface area contributed by atoms with Gasteiger partial charge in [-0.2, -0.15) is 0 Å². The summed E-state index contributed by atoms with van der Waals surface area (Å²) >= 11 is 5.82. The van der Waals surface area contributed by atoms with Crippen molar-refractivity contribution >= 4 is 32.7 Å². The zero-order valence-electron chi connectivity index (χ0n) is 12.8. The van der Waals surface area contributed by atoms with Crippen LogP contribution in [0.25, 0.3) is 11.0 Å². The van der Waals surface area contributed by atoms with Crippen LogP contribution >= 0.6 is 11.6 Å². The lowest BCUT2D eigenvalue weighted by Crippen LogP contribution is -2.26. The Morgan fingerprint density at radius 1 is 1.33 bits per heavy atom. The summed E-state index contributed by atoms with van der Waals surface area (Å²) in [7, 11) is -1.91. The zero-order chi connectivity index (χ0) is 17.3. The van der Waals surface area contributed by atoms with Gasteiger partial charge in [-0.05, 0) is 42.3 Å². The van der Waals surface area contributed by atoms with Gasteiger partial charge in [0, 0.05) is 31.4 Å². The lowest BCUT2D eigenvalue weighted by Gasteiger charge is -2.08. The Balaban J connectivity index is 1.75. The van der Waals surface area contributed by atoms with E-state index in [-0.39, 0.29) is 16.5 Å². The number of sulfonamides is 1. The highest BCUT2D eigenvalue weighted by atomic mass is 35.5. The molecule has 0 atom stereocenters. The molecule has 2 aromatic heterocycles. The molecule has 2 heterocycles. The summed E-state index contributed by atoms with van der Waals surface area (Å²) in [5, 5.41) is 0.843. The third-order valence-corrected chi connectivity index (χ3v) is 5.63. The molecule has 1 aromatic carbocycles. The Morgan fingerprint density at radius 2 is 2.12 bits per heavy atom. The fourth-order valence-electron chi connectivity index (χ4n) is 2.58. The standard InChI is InChI=1S/C16H15ClFN3O2S/c1-21-10-11(13-3-2-7-19-16(13)21)6-8-20-24(22,23)15-5-4-12(18)9-14(15)17/h2-5,7,9-10,20H,6,8H2,1H3. The maximum atomic E-state index is 13.1. The molecule has 0 saturated heterocycles. The van der Waals surface area contributed by atoms with Gasteiger partial charge in [0.05, 0.1) is 5.02 Å². The SMILES string of the molecule is Cn1cc(CCNS(=O)(=O)c2ccc(F)cc2Cl)c2cccnc21. The second-order valence-electron chi connectivity index (χ2n) is 5.36. The number of pyridine rings is 1. The molecule has 5 nitrogen and oxygen atoms in total. The molecule has 0 saturated carbocycles. The minimum absolute atomic E-state index is 0.134. The maximum absolute atomic E-state index is 13.1. The van der Waals surface area contributed by atoms with Gasteiger partial charge in [0.25, 0.3) is 0 Å². The van der Waals surface area contributed by atoms with Crippen LogP contribution in [0.2, 0.25) is 5.02 Å². The number of fused-ring (bicyclic) bond motifs is 1. The third-order valence-electron chi connectivity index (χ3n) is 3.69. The number of benzene rings is 1. The first kappa shape index (κ1) is 16.9. The van der Waals surface area contributed by atoms with Crippen molar-refractivity contribution in [1.82, 2.24) is 14.3 Å². The van der Waals surface area contributed by atoms with Crippen molar-refractivity contribution in [2.75, 3.05) is 6.54 Å². The van der Waals surface area contributed by atoms with E-state index in [2.05, 4.69) is 9.71 Å². The molecule has 0 bridgehead atoms. The van der Waals surface area contributed by atoms with Gasteiger partial charge in [0.1, 0.15) is 16.4 Å². The summed E-state index contributed by atoms with van der Waals surface area (Å²) < 4.78 is 42.0. The van der Waals surface area contributed by atoms with Crippen molar-refractivity contribution in [2.24, 2.45) is 7.05 Å². The molecular formula is C16H15ClFN3O2S. The van der Waals surface area contributed by atoms with Crippen LogP contribution in [0.15, 0.2) is 47.6 Å². The van der Waals surface area contributed by atoms with E-state index >= 15 is 0 Å². The first-order valence-corrected chi connectivity index (χ1v) is 9.08. The monoisotopic (exact) mass is 367 g/mol. The van der Waals surface area contributed by atoms with Crippen LogP contribution in [0, 0.1) is 5.82 Å². The van der Waals surface area contributed by atoms with Crippen LogP contribution in [0.5, 0.6) is 0 Å². The van der Waals surface area contributed by atoms with Gasteiger partial charge < -0.3 is 4.57 Å². The fourth-order valence-corrected chi connectivity index (χ4v) is 4.14. The van der Waals surface area contributed by atoms with Crippen molar-refractivity contribution in [2.45, 2.75) is 11.3 Å². The summed E-state index contributed by atoms with van der Waals surface area (Å²) in [6.07, 6.45) is 4.14. The van der Waals surface area contributed by atoms with E-state index in [0.717, 1.165) is 34.8 Å². The van der Waals surface area contributed by atoms with E-state index in [0.29, 0.717) is 6.42 Å². The average Bonchev–Trinajstić information content (AvgIpc) is 2.84.